The molecule has 1 saturated heterocycles. The molecule has 1 amide bonds. The van der Waals surface area contributed by atoms with Crippen molar-refractivity contribution in [1.29, 1.82) is 0 Å². The number of ether oxygens (including phenoxy) is 2. The van der Waals surface area contributed by atoms with Gasteiger partial charge >= 0.3 is 6.09 Å². The summed E-state index contributed by atoms with van der Waals surface area (Å²) in [6.45, 7) is 0.743. The highest BCUT2D eigenvalue weighted by atomic mass is 16.6. The van der Waals surface area contributed by atoms with E-state index in [4.69, 9.17) is 9.47 Å². The summed E-state index contributed by atoms with van der Waals surface area (Å²) < 4.78 is 10.8. The van der Waals surface area contributed by atoms with E-state index in [0.29, 0.717) is 19.5 Å². The number of benzene rings is 3. The van der Waals surface area contributed by atoms with Crippen molar-refractivity contribution in [2.24, 2.45) is 0 Å². The van der Waals surface area contributed by atoms with Crippen LogP contribution < -0.4 is 15.4 Å². The van der Waals surface area contributed by atoms with Crippen LogP contribution in [0, 0.1) is 0 Å². The number of amides is 1. The lowest BCUT2D eigenvalue weighted by Crippen LogP contribution is -2.41. The summed E-state index contributed by atoms with van der Waals surface area (Å²) in [7, 11) is 1.63. The quantitative estimate of drug-likeness (QED) is 0.532. The number of hydrogen-bond donors (Lipinski definition) is 3. The summed E-state index contributed by atoms with van der Waals surface area (Å²) >= 11 is 0. The largest absolute Gasteiger partial charge is 0.497 e. The summed E-state index contributed by atoms with van der Waals surface area (Å²) in [6.07, 6.45) is -1.25. The summed E-state index contributed by atoms with van der Waals surface area (Å²) in [5, 5.41) is 16.3. The highest BCUT2D eigenvalue weighted by molar-refractivity contribution is 5.68. The van der Waals surface area contributed by atoms with Crippen LogP contribution >= 0.6 is 0 Å². The number of alkyl carbamates (subject to hydrolysis) is 1. The van der Waals surface area contributed by atoms with E-state index in [-0.39, 0.29) is 6.04 Å². The second-order valence-electron chi connectivity index (χ2n) is 7.92. The summed E-state index contributed by atoms with van der Waals surface area (Å²) in [5.41, 5.74) is 4.32. The van der Waals surface area contributed by atoms with Crippen LogP contribution in [0.2, 0.25) is 0 Å². The Kier molecular flexibility index (Phi) is 7.04. The van der Waals surface area contributed by atoms with Crippen LogP contribution in [-0.4, -0.2) is 43.1 Å². The molecule has 3 aromatic rings. The molecular formula is C26H28N2O4. The molecule has 0 saturated carbocycles. The first kappa shape index (κ1) is 21.9. The lowest BCUT2D eigenvalue weighted by Gasteiger charge is -2.22. The molecule has 6 nitrogen and oxygen atoms in total. The first-order chi connectivity index (χ1) is 15.6. The van der Waals surface area contributed by atoms with Crippen LogP contribution in [0.25, 0.3) is 11.1 Å². The molecule has 0 unspecified atom stereocenters. The number of nitrogens with one attached hydrogen (secondary N) is 2. The van der Waals surface area contributed by atoms with E-state index < -0.39 is 18.3 Å². The number of aliphatic hydroxyl groups excluding tert-OH is 1. The fourth-order valence-electron chi connectivity index (χ4n) is 3.92. The smallest absolute Gasteiger partial charge is 0.407 e. The van der Waals surface area contributed by atoms with Gasteiger partial charge in [-0.25, -0.2) is 4.79 Å². The van der Waals surface area contributed by atoms with E-state index >= 15 is 0 Å². The first-order valence-corrected chi connectivity index (χ1v) is 10.8. The van der Waals surface area contributed by atoms with E-state index in [0.717, 1.165) is 28.0 Å². The van der Waals surface area contributed by atoms with Gasteiger partial charge in [-0.1, -0.05) is 66.7 Å². The Morgan fingerprint density at radius 2 is 1.62 bits per heavy atom. The fraction of sp³-hybridized carbons (Fsp3) is 0.269. The molecule has 1 heterocycles. The monoisotopic (exact) mass is 432 g/mol. The molecule has 0 aromatic heterocycles. The van der Waals surface area contributed by atoms with E-state index in [1.807, 2.05) is 66.7 Å². The van der Waals surface area contributed by atoms with Crippen molar-refractivity contribution >= 4 is 6.09 Å². The summed E-state index contributed by atoms with van der Waals surface area (Å²) in [6, 6.07) is 25.8. The van der Waals surface area contributed by atoms with E-state index in [1.54, 1.807) is 7.11 Å². The zero-order valence-electron chi connectivity index (χ0n) is 18.0. The lowest BCUT2D eigenvalue weighted by atomic mass is 10.0. The zero-order chi connectivity index (χ0) is 22.3. The number of rotatable bonds is 7. The summed E-state index contributed by atoms with van der Waals surface area (Å²) in [5.74, 6) is 0.789. The molecule has 3 aromatic carbocycles. The molecule has 0 bridgehead atoms. The lowest BCUT2D eigenvalue weighted by molar-refractivity contribution is 0.0188. The molecular weight excluding hydrogens is 404 g/mol. The number of carbonyl (C=O) groups excluding carboxylic acids is 1. The van der Waals surface area contributed by atoms with Crippen molar-refractivity contribution in [3.8, 4) is 16.9 Å². The molecule has 0 radical (unpaired) electrons. The second-order valence-corrected chi connectivity index (χ2v) is 7.92. The molecule has 4 rings (SSSR count). The average Bonchev–Trinajstić information content (AvgIpc) is 3.18. The predicted octanol–water partition coefficient (Wildman–Crippen LogP) is 3.53. The molecule has 3 atom stereocenters. The van der Waals surface area contributed by atoms with Gasteiger partial charge in [0, 0.05) is 13.1 Å². The highest BCUT2D eigenvalue weighted by Gasteiger charge is 2.37. The van der Waals surface area contributed by atoms with Gasteiger partial charge in [-0.15, -0.1) is 0 Å². The van der Waals surface area contributed by atoms with E-state index in [9.17, 15) is 9.90 Å². The van der Waals surface area contributed by atoms with Crippen molar-refractivity contribution in [2.75, 3.05) is 13.7 Å². The Bertz CT molecular complexity index is 1010. The van der Waals surface area contributed by atoms with Gasteiger partial charge < -0.3 is 25.2 Å². The van der Waals surface area contributed by atoms with Gasteiger partial charge in [0.2, 0.25) is 0 Å². The third kappa shape index (κ3) is 5.46. The minimum atomic E-state index is -0.742. The normalized spacial score (nSPS) is 20.0. The van der Waals surface area contributed by atoms with Gasteiger partial charge in [0.15, 0.2) is 0 Å². The van der Waals surface area contributed by atoms with E-state index in [1.165, 1.54) is 0 Å². The minimum Gasteiger partial charge on any atom is -0.497 e. The highest BCUT2D eigenvalue weighted by Crippen LogP contribution is 2.21. The number of β-amino-alcohol motifs (C(OH)–C–C–N with tert-alkyl or cyclic N) is 1. The Morgan fingerprint density at radius 3 is 2.31 bits per heavy atom. The Morgan fingerprint density at radius 1 is 0.969 bits per heavy atom. The average molecular weight is 433 g/mol. The van der Waals surface area contributed by atoms with Crippen molar-refractivity contribution in [3.05, 3.63) is 90.0 Å². The molecule has 166 valence electrons. The molecule has 32 heavy (non-hydrogen) atoms. The number of hydrogen-bond acceptors (Lipinski definition) is 5. The molecule has 6 heteroatoms. The maximum atomic E-state index is 12.4. The van der Waals surface area contributed by atoms with Crippen molar-refractivity contribution in [3.63, 3.8) is 0 Å². The van der Waals surface area contributed by atoms with Crippen molar-refractivity contribution in [2.45, 2.75) is 31.2 Å². The van der Waals surface area contributed by atoms with Gasteiger partial charge in [-0.05, 0) is 40.8 Å². The van der Waals surface area contributed by atoms with Crippen LogP contribution in [0.3, 0.4) is 0 Å². The van der Waals surface area contributed by atoms with Gasteiger partial charge in [0.05, 0.1) is 13.2 Å². The third-order valence-corrected chi connectivity index (χ3v) is 5.72. The number of carbonyl (C=O) groups is 1. The van der Waals surface area contributed by atoms with Gasteiger partial charge in [-0.3, -0.25) is 0 Å². The van der Waals surface area contributed by atoms with Crippen LogP contribution in [0.5, 0.6) is 5.75 Å². The van der Waals surface area contributed by atoms with Crippen molar-refractivity contribution < 1.29 is 19.4 Å². The second kappa shape index (κ2) is 10.3. The standard InChI is InChI=1S/C26H28N2O4/c1-31-22-13-9-18(10-14-22)15-23-25(24(29)17-27-23)32-26(30)28-16-19-7-11-21(12-8-19)20-5-3-2-4-6-20/h2-14,23-25,27,29H,15-17H2,1H3,(H,28,30)/t23-,24+,25+/m1/s1. The van der Waals surface area contributed by atoms with Gasteiger partial charge in [0.1, 0.15) is 18.0 Å². The molecule has 1 fully saturated rings. The van der Waals surface area contributed by atoms with Crippen LogP contribution in [0.1, 0.15) is 11.1 Å². The molecule has 1 aliphatic heterocycles. The minimum absolute atomic E-state index is 0.158. The van der Waals surface area contributed by atoms with Crippen LogP contribution in [-0.2, 0) is 17.7 Å². The molecule has 1 aliphatic rings. The first-order valence-electron chi connectivity index (χ1n) is 10.8. The Balaban J connectivity index is 1.30. The topological polar surface area (TPSA) is 79.8 Å². The Hall–Kier alpha value is -3.35. The fourth-order valence-corrected chi connectivity index (χ4v) is 3.92. The van der Waals surface area contributed by atoms with Crippen LogP contribution in [0.15, 0.2) is 78.9 Å². The van der Waals surface area contributed by atoms with Crippen LogP contribution in [0.4, 0.5) is 4.79 Å². The zero-order valence-corrected chi connectivity index (χ0v) is 18.0. The maximum absolute atomic E-state index is 12.4. The molecule has 0 spiro atoms. The molecule has 3 N–H and O–H groups in total. The van der Waals surface area contributed by atoms with Gasteiger partial charge in [-0.2, -0.15) is 0 Å². The van der Waals surface area contributed by atoms with Crippen molar-refractivity contribution in [1.82, 2.24) is 10.6 Å². The predicted molar refractivity (Wildman–Crippen MR) is 123 cm³/mol. The summed E-state index contributed by atoms with van der Waals surface area (Å²) in [4.78, 5) is 12.4. The van der Waals surface area contributed by atoms with Gasteiger partial charge in [0.25, 0.3) is 0 Å². The number of methoxy groups -OCH3 is 1. The Labute approximate surface area is 188 Å². The molecule has 0 aliphatic carbocycles. The number of aliphatic hydroxyl groups is 1. The SMILES string of the molecule is COc1ccc(C[C@H]2NC[C@H](O)[C@H]2OC(=O)NCc2ccc(-c3ccccc3)cc2)cc1. The maximum Gasteiger partial charge on any atom is 0.407 e. The van der Waals surface area contributed by atoms with E-state index in [2.05, 4.69) is 22.8 Å². The third-order valence-electron chi connectivity index (χ3n) is 5.72.